The van der Waals surface area contributed by atoms with Crippen molar-refractivity contribution in [3.63, 3.8) is 0 Å². The topological polar surface area (TPSA) is 108 Å². The number of hydrogen-bond acceptors (Lipinski definition) is 8. The van der Waals surface area contributed by atoms with Gasteiger partial charge >= 0.3 is 0 Å². The molecule has 0 saturated carbocycles. The molecule has 0 aliphatic rings. The van der Waals surface area contributed by atoms with Gasteiger partial charge in [0.1, 0.15) is 16.9 Å². The Morgan fingerprint density at radius 1 is 0.815 bits per heavy atom. The first kappa shape index (κ1) is 18.2. The lowest BCUT2D eigenvalue weighted by atomic mass is 10.1. The molecule has 0 fully saturated rings. The van der Waals surface area contributed by atoms with Gasteiger partial charge in [-0.1, -0.05) is 0 Å². The molecule has 8 nitrogen and oxygen atoms in total. The van der Waals surface area contributed by atoms with Gasteiger partial charge in [-0.15, -0.1) is 0 Å². The van der Waals surface area contributed by atoms with Crippen molar-refractivity contribution in [3.05, 3.63) is 34.5 Å². The van der Waals surface area contributed by atoms with Crippen molar-refractivity contribution in [3.8, 4) is 45.8 Å². The predicted molar refractivity (Wildman–Crippen MR) is 97.5 cm³/mol. The third kappa shape index (κ3) is 2.84. The second-order valence-corrected chi connectivity index (χ2v) is 5.51. The quantitative estimate of drug-likeness (QED) is 0.702. The fourth-order valence-electron chi connectivity index (χ4n) is 2.90. The summed E-state index contributed by atoms with van der Waals surface area (Å²) < 4.78 is 27.0. The number of phenolic OH excluding ortho intramolecular Hbond substituents is 2. The Hall–Kier alpha value is -3.55. The second-order valence-electron chi connectivity index (χ2n) is 5.51. The van der Waals surface area contributed by atoms with Gasteiger partial charge < -0.3 is 33.6 Å². The summed E-state index contributed by atoms with van der Waals surface area (Å²) in [6.45, 7) is 0. The van der Waals surface area contributed by atoms with Crippen LogP contribution in [-0.4, -0.2) is 38.7 Å². The molecule has 0 saturated heterocycles. The lowest BCUT2D eigenvalue weighted by Crippen LogP contribution is -2.03. The first-order valence-electron chi connectivity index (χ1n) is 7.82. The van der Waals surface area contributed by atoms with E-state index in [9.17, 15) is 15.0 Å². The van der Waals surface area contributed by atoms with E-state index in [1.165, 1.54) is 34.5 Å². The molecule has 0 aliphatic heterocycles. The van der Waals surface area contributed by atoms with E-state index in [0.29, 0.717) is 22.8 Å². The minimum absolute atomic E-state index is 0.0683. The van der Waals surface area contributed by atoms with E-state index in [1.807, 2.05) is 0 Å². The summed E-state index contributed by atoms with van der Waals surface area (Å²) >= 11 is 0. The van der Waals surface area contributed by atoms with E-state index < -0.39 is 11.2 Å². The highest BCUT2D eigenvalue weighted by Crippen LogP contribution is 2.46. The van der Waals surface area contributed by atoms with Crippen LogP contribution in [0, 0.1) is 0 Å². The van der Waals surface area contributed by atoms with Crippen LogP contribution in [0.3, 0.4) is 0 Å². The van der Waals surface area contributed by atoms with Crippen molar-refractivity contribution in [2.24, 2.45) is 0 Å². The number of methoxy groups -OCH3 is 4. The van der Waals surface area contributed by atoms with Crippen LogP contribution in [0.2, 0.25) is 0 Å². The van der Waals surface area contributed by atoms with Crippen molar-refractivity contribution in [1.29, 1.82) is 0 Å². The average molecular weight is 374 g/mol. The fraction of sp³-hybridized carbons (Fsp3) is 0.211. The highest BCUT2D eigenvalue weighted by Gasteiger charge is 2.22. The minimum Gasteiger partial charge on any atom is -0.507 e. The summed E-state index contributed by atoms with van der Waals surface area (Å²) in [4.78, 5) is 12.6. The first-order valence-corrected chi connectivity index (χ1v) is 7.82. The molecule has 2 aromatic carbocycles. The number of rotatable bonds is 5. The molecule has 1 aromatic heterocycles. The van der Waals surface area contributed by atoms with Crippen LogP contribution < -0.4 is 24.4 Å². The SMILES string of the molecule is COc1ccc(-c2cc(=O)c3c(O)cc(O)c(OC)c3o2)c(OC)c1OC. The smallest absolute Gasteiger partial charge is 0.204 e. The molecule has 1 heterocycles. The zero-order valence-corrected chi connectivity index (χ0v) is 15.2. The molecule has 27 heavy (non-hydrogen) atoms. The van der Waals surface area contributed by atoms with Crippen molar-refractivity contribution >= 4 is 11.0 Å². The molecular formula is C19H18O8. The van der Waals surface area contributed by atoms with E-state index in [0.717, 1.165) is 6.07 Å². The fourth-order valence-corrected chi connectivity index (χ4v) is 2.90. The molecule has 3 aromatic rings. The predicted octanol–water partition coefficient (Wildman–Crippen LogP) is 2.91. The number of hydrogen-bond donors (Lipinski definition) is 2. The maximum atomic E-state index is 12.6. The molecule has 0 aliphatic carbocycles. The van der Waals surface area contributed by atoms with Gasteiger partial charge in [0.2, 0.25) is 11.5 Å². The van der Waals surface area contributed by atoms with Crippen LogP contribution in [0.5, 0.6) is 34.5 Å². The Kier molecular flexibility index (Phi) is 4.72. The highest BCUT2D eigenvalue weighted by molar-refractivity contribution is 5.92. The normalized spacial score (nSPS) is 10.7. The monoisotopic (exact) mass is 374 g/mol. The Morgan fingerprint density at radius 3 is 2.07 bits per heavy atom. The van der Waals surface area contributed by atoms with Crippen molar-refractivity contribution in [1.82, 2.24) is 0 Å². The third-order valence-corrected chi connectivity index (χ3v) is 4.09. The molecule has 8 heteroatoms. The van der Waals surface area contributed by atoms with Gasteiger partial charge in [0, 0.05) is 12.1 Å². The molecule has 0 atom stereocenters. The summed E-state index contributed by atoms with van der Waals surface area (Å²) in [5.41, 5.74) is -0.188. The Bertz CT molecular complexity index is 1070. The van der Waals surface area contributed by atoms with E-state index in [1.54, 1.807) is 12.1 Å². The molecule has 0 spiro atoms. The van der Waals surface area contributed by atoms with Gasteiger partial charge in [0.15, 0.2) is 28.3 Å². The number of phenols is 2. The summed E-state index contributed by atoms with van der Waals surface area (Å²) in [7, 11) is 5.71. The van der Waals surface area contributed by atoms with Gasteiger partial charge in [-0.25, -0.2) is 0 Å². The standard InChI is InChI=1S/C19H18O8/c1-23-13-6-5-9(16(24-2)18(13)26-4)14-8-11(21)15-10(20)7-12(22)17(25-3)19(15)27-14/h5-8,20,22H,1-4H3. The molecule has 2 N–H and O–H groups in total. The molecule has 0 amide bonds. The zero-order valence-electron chi connectivity index (χ0n) is 15.2. The maximum Gasteiger partial charge on any atom is 0.204 e. The van der Waals surface area contributed by atoms with Gasteiger partial charge in [-0.2, -0.15) is 0 Å². The van der Waals surface area contributed by atoms with Gasteiger partial charge in [-0.05, 0) is 12.1 Å². The van der Waals surface area contributed by atoms with E-state index in [-0.39, 0.29) is 28.2 Å². The van der Waals surface area contributed by atoms with E-state index in [4.69, 9.17) is 23.4 Å². The highest BCUT2D eigenvalue weighted by atomic mass is 16.5. The van der Waals surface area contributed by atoms with Crippen LogP contribution >= 0.6 is 0 Å². The number of aromatic hydroxyl groups is 2. The van der Waals surface area contributed by atoms with E-state index in [2.05, 4.69) is 0 Å². The molecule has 0 unspecified atom stereocenters. The lowest BCUT2D eigenvalue weighted by Gasteiger charge is -2.16. The number of ether oxygens (including phenoxy) is 4. The third-order valence-electron chi connectivity index (χ3n) is 4.09. The van der Waals surface area contributed by atoms with Crippen LogP contribution in [0.25, 0.3) is 22.3 Å². The van der Waals surface area contributed by atoms with Crippen LogP contribution in [0.15, 0.2) is 33.5 Å². The van der Waals surface area contributed by atoms with Crippen molar-refractivity contribution in [2.45, 2.75) is 0 Å². The lowest BCUT2D eigenvalue weighted by molar-refractivity contribution is 0.324. The first-order chi connectivity index (χ1) is 13.0. The zero-order chi connectivity index (χ0) is 19.7. The van der Waals surface area contributed by atoms with Crippen LogP contribution in [0.1, 0.15) is 0 Å². The molecular weight excluding hydrogens is 356 g/mol. The molecule has 0 radical (unpaired) electrons. The Balaban J connectivity index is 2.38. The maximum absolute atomic E-state index is 12.6. The number of benzene rings is 2. The summed E-state index contributed by atoms with van der Waals surface area (Å²) in [6.07, 6.45) is 0. The van der Waals surface area contributed by atoms with Gasteiger partial charge in [0.05, 0.1) is 34.0 Å². The summed E-state index contributed by atoms with van der Waals surface area (Å²) in [6, 6.07) is 5.51. The molecule has 0 bridgehead atoms. The summed E-state index contributed by atoms with van der Waals surface area (Å²) in [5.74, 6) is 0.350. The van der Waals surface area contributed by atoms with Crippen LogP contribution in [0.4, 0.5) is 0 Å². The van der Waals surface area contributed by atoms with Crippen molar-refractivity contribution in [2.75, 3.05) is 28.4 Å². The number of fused-ring (bicyclic) bond motifs is 1. The van der Waals surface area contributed by atoms with Gasteiger partial charge in [0.25, 0.3) is 0 Å². The Labute approximate surface area is 154 Å². The van der Waals surface area contributed by atoms with E-state index >= 15 is 0 Å². The molecule has 142 valence electrons. The second kappa shape index (κ2) is 6.99. The van der Waals surface area contributed by atoms with Gasteiger partial charge in [-0.3, -0.25) is 4.79 Å². The van der Waals surface area contributed by atoms with Crippen molar-refractivity contribution < 1.29 is 33.6 Å². The minimum atomic E-state index is -0.515. The van der Waals surface area contributed by atoms with Crippen LogP contribution in [-0.2, 0) is 0 Å². The Morgan fingerprint density at radius 2 is 1.48 bits per heavy atom. The summed E-state index contributed by atoms with van der Waals surface area (Å²) in [5, 5.41) is 19.9. The molecule has 3 rings (SSSR count). The average Bonchev–Trinajstić information content (AvgIpc) is 2.66. The largest absolute Gasteiger partial charge is 0.507 e.